The Morgan fingerprint density at radius 3 is 2.53 bits per heavy atom. The summed E-state index contributed by atoms with van der Waals surface area (Å²) in [4.78, 5) is 5.19. The number of likely N-dealkylation sites (tertiary alicyclic amines) is 1. The van der Waals surface area contributed by atoms with Crippen LogP contribution in [-0.2, 0) is 19.4 Å². The zero-order chi connectivity index (χ0) is 20.3. The predicted molar refractivity (Wildman–Crippen MR) is 116 cm³/mol. The van der Waals surface area contributed by atoms with Crippen molar-refractivity contribution in [2.45, 2.75) is 38.3 Å². The smallest absolute Gasteiger partial charge is 0.123 e. The number of piperidine rings is 1. The Morgan fingerprint density at radius 2 is 1.77 bits per heavy atom. The monoisotopic (exact) mass is 405 g/mol. The molecule has 2 aliphatic heterocycles. The first-order valence-electron chi connectivity index (χ1n) is 10.9. The molecule has 1 fully saturated rings. The van der Waals surface area contributed by atoms with Gasteiger partial charge >= 0.3 is 0 Å². The standard InChI is InChI=1S/C24H28FN5/c25-22-5-2-19(3-6-22)7-12-28-13-9-23(10-14-28)30-15-8-21-4-1-20(17-24(21)30)18-29-16-11-26-27-29/h1-6,11,16-17,23H,7-10,12-15,18H2. The Labute approximate surface area is 177 Å². The van der Waals surface area contributed by atoms with Gasteiger partial charge in [0.05, 0.1) is 12.7 Å². The number of benzene rings is 2. The number of rotatable bonds is 6. The van der Waals surface area contributed by atoms with Crippen LogP contribution in [0.5, 0.6) is 0 Å². The molecular formula is C24H28FN5. The van der Waals surface area contributed by atoms with Crippen molar-refractivity contribution >= 4 is 5.69 Å². The average molecular weight is 406 g/mol. The molecule has 156 valence electrons. The van der Waals surface area contributed by atoms with E-state index in [9.17, 15) is 4.39 Å². The summed E-state index contributed by atoms with van der Waals surface area (Å²) in [5.41, 5.74) is 5.38. The van der Waals surface area contributed by atoms with Gasteiger partial charge in [0.2, 0.25) is 0 Å². The molecule has 3 aromatic rings. The van der Waals surface area contributed by atoms with Crippen LogP contribution < -0.4 is 4.90 Å². The highest BCUT2D eigenvalue weighted by Crippen LogP contribution is 2.33. The van der Waals surface area contributed by atoms with E-state index < -0.39 is 0 Å². The van der Waals surface area contributed by atoms with Gasteiger partial charge in [-0.05, 0) is 60.6 Å². The molecule has 5 rings (SSSR count). The number of hydrogen-bond donors (Lipinski definition) is 0. The molecule has 0 N–H and O–H groups in total. The van der Waals surface area contributed by atoms with E-state index in [0.717, 1.165) is 45.6 Å². The summed E-state index contributed by atoms with van der Waals surface area (Å²) in [6.45, 7) is 5.22. The molecule has 3 heterocycles. The van der Waals surface area contributed by atoms with E-state index in [1.165, 1.54) is 35.2 Å². The fourth-order valence-corrected chi connectivity index (χ4v) is 4.82. The Morgan fingerprint density at radius 1 is 0.967 bits per heavy atom. The van der Waals surface area contributed by atoms with E-state index in [0.29, 0.717) is 6.04 Å². The highest BCUT2D eigenvalue weighted by Gasteiger charge is 2.29. The molecule has 0 saturated carbocycles. The van der Waals surface area contributed by atoms with Crippen LogP contribution in [0.1, 0.15) is 29.5 Å². The third kappa shape index (κ3) is 4.24. The van der Waals surface area contributed by atoms with Crippen molar-refractivity contribution in [3.63, 3.8) is 0 Å². The maximum Gasteiger partial charge on any atom is 0.123 e. The maximum absolute atomic E-state index is 13.1. The quantitative estimate of drug-likeness (QED) is 0.629. The van der Waals surface area contributed by atoms with Gasteiger partial charge in [0.15, 0.2) is 0 Å². The molecule has 1 aromatic heterocycles. The molecule has 0 atom stereocenters. The van der Waals surface area contributed by atoms with E-state index in [1.54, 1.807) is 18.3 Å². The third-order valence-corrected chi connectivity index (χ3v) is 6.53. The molecule has 6 heteroatoms. The van der Waals surface area contributed by atoms with Gasteiger partial charge in [-0.3, -0.25) is 0 Å². The maximum atomic E-state index is 13.1. The molecule has 2 aliphatic rings. The molecule has 0 aliphatic carbocycles. The van der Waals surface area contributed by atoms with Gasteiger partial charge in [0.1, 0.15) is 5.82 Å². The summed E-state index contributed by atoms with van der Waals surface area (Å²) >= 11 is 0. The molecule has 0 radical (unpaired) electrons. The summed E-state index contributed by atoms with van der Waals surface area (Å²) in [6.07, 6.45) is 8.18. The molecule has 2 aromatic carbocycles. The molecule has 0 unspecified atom stereocenters. The fraction of sp³-hybridized carbons (Fsp3) is 0.417. The van der Waals surface area contributed by atoms with Crippen molar-refractivity contribution in [3.05, 3.63) is 77.4 Å². The zero-order valence-electron chi connectivity index (χ0n) is 17.3. The first kappa shape index (κ1) is 19.2. The van der Waals surface area contributed by atoms with Gasteiger partial charge in [-0.2, -0.15) is 0 Å². The zero-order valence-corrected chi connectivity index (χ0v) is 17.3. The Hall–Kier alpha value is -2.73. The number of halogens is 1. The van der Waals surface area contributed by atoms with Crippen LogP contribution >= 0.6 is 0 Å². The second-order valence-corrected chi connectivity index (χ2v) is 8.46. The van der Waals surface area contributed by atoms with Crippen LogP contribution in [-0.4, -0.2) is 52.1 Å². The lowest BCUT2D eigenvalue weighted by atomic mass is 10.0. The minimum Gasteiger partial charge on any atom is -0.368 e. The molecule has 0 amide bonds. The number of hydrogen-bond acceptors (Lipinski definition) is 4. The van der Waals surface area contributed by atoms with Crippen LogP contribution in [0, 0.1) is 5.82 Å². The highest BCUT2D eigenvalue weighted by atomic mass is 19.1. The lowest BCUT2D eigenvalue weighted by Crippen LogP contribution is -2.45. The van der Waals surface area contributed by atoms with Crippen LogP contribution in [0.3, 0.4) is 0 Å². The van der Waals surface area contributed by atoms with Gasteiger partial charge in [0, 0.05) is 44.1 Å². The minimum atomic E-state index is -0.157. The normalized spacial score (nSPS) is 17.4. The average Bonchev–Trinajstić information content (AvgIpc) is 3.43. The number of anilines is 1. The molecule has 5 nitrogen and oxygen atoms in total. The fourth-order valence-electron chi connectivity index (χ4n) is 4.82. The largest absolute Gasteiger partial charge is 0.368 e. The van der Waals surface area contributed by atoms with Crippen molar-refractivity contribution in [2.24, 2.45) is 0 Å². The van der Waals surface area contributed by atoms with Crippen LogP contribution in [0.2, 0.25) is 0 Å². The van der Waals surface area contributed by atoms with Crippen LogP contribution in [0.15, 0.2) is 54.9 Å². The third-order valence-electron chi connectivity index (χ3n) is 6.53. The summed E-state index contributed by atoms with van der Waals surface area (Å²) < 4.78 is 15.0. The van der Waals surface area contributed by atoms with Crippen molar-refractivity contribution in [1.82, 2.24) is 19.9 Å². The Bertz CT molecular complexity index is 962. The van der Waals surface area contributed by atoms with Gasteiger partial charge in [0.25, 0.3) is 0 Å². The molecule has 1 saturated heterocycles. The van der Waals surface area contributed by atoms with Gasteiger partial charge in [-0.1, -0.05) is 29.5 Å². The lowest BCUT2D eigenvalue weighted by molar-refractivity contribution is 0.212. The predicted octanol–water partition coefficient (Wildman–Crippen LogP) is 3.54. The van der Waals surface area contributed by atoms with Gasteiger partial charge in [-0.15, -0.1) is 5.10 Å². The summed E-state index contributed by atoms with van der Waals surface area (Å²) in [7, 11) is 0. The van der Waals surface area contributed by atoms with E-state index in [-0.39, 0.29) is 5.82 Å². The Balaban J connectivity index is 1.18. The summed E-state index contributed by atoms with van der Waals surface area (Å²) in [5.74, 6) is -0.157. The van der Waals surface area contributed by atoms with E-state index in [2.05, 4.69) is 38.3 Å². The van der Waals surface area contributed by atoms with Crippen molar-refractivity contribution in [2.75, 3.05) is 31.1 Å². The SMILES string of the molecule is Fc1ccc(CCN2CCC(N3CCc4ccc(Cn5ccnn5)cc43)CC2)cc1. The molecule has 0 bridgehead atoms. The lowest BCUT2D eigenvalue weighted by Gasteiger charge is -2.38. The first-order chi connectivity index (χ1) is 14.7. The highest BCUT2D eigenvalue weighted by molar-refractivity contribution is 5.60. The Kier molecular flexibility index (Phi) is 5.49. The number of nitrogens with zero attached hydrogens (tertiary/aromatic N) is 5. The second-order valence-electron chi connectivity index (χ2n) is 8.46. The van der Waals surface area contributed by atoms with Crippen molar-refractivity contribution < 1.29 is 4.39 Å². The van der Waals surface area contributed by atoms with Crippen LogP contribution in [0.25, 0.3) is 0 Å². The first-order valence-corrected chi connectivity index (χ1v) is 10.9. The van der Waals surface area contributed by atoms with Crippen molar-refractivity contribution in [3.8, 4) is 0 Å². The molecular weight excluding hydrogens is 377 g/mol. The van der Waals surface area contributed by atoms with Gasteiger partial charge in [-0.25, -0.2) is 9.07 Å². The second kappa shape index (κ2) is 8.56. The number of aromatic nitrogens is 3. The van der Waals surface area contributed by atoms with Gasteiger partial charge < -0.3 is 9.80 Å². The molecule has 0 spiro atoms. The van der Waals surface area contributed by atoms with E-state index >= 15 is 0 Å². The number of fused-ring (bicyclic) bond motifs is 1. The topological polar surface area (TPSA) is 37.2 Å². The summed E-state index contributed by atoms with van der Waals surface area (Å²) in [5, 5.41) is 8.00. The minimum absolute atomic E-state index is 0.157. The van der Waals surface area contributed by atoms with E-state index in [1.807, 2.05) is 23.0 Å². The van der Waals surface area contributed by atoms with E-state index in [4.69, 9.17) is 0 Å². The van der Waals surface area contributed by atoms with Crippen molar-refractivity contribution in [1.29, 1.82) is 0 Å². The molecule has 30 heavy (non-hydrogen) atoms. The van der Waals surface area contributed by atoms with Crippen LogP contribution in [0.4, 0.5) is 10.1 Å². The summed E-state index contributed by atoms with van der Waals surface area (Å²) in [6, 6.07) is 14.4.